The lowest BCUT2D eigenvalue weighted by molar-refractivity contribution is -0.142. The molecule has 0 bridgehead atoms. The second-order valence-electron chi connectivity index (χ2n) is 14.4. The van der Waals surface area contributed by atoms with Gasteiger partial charge < -0.3 is 36.6 Å². The molecule has 16 heteroatoms. The fourth-order valence-corrected chi connectivity index (χ4v) is 6.61. The Balaban J connectivity index is 1.64. The summed E-state index contributed by atoms with van der Waals surface area (Å²) in [5, 5.41) is 19.3. The van der Waals surface area contributed by atoms with Gasteiger partial charge in [0, 0.05) is 25.9 Å². The monoisotopic (exact) mass is 737 g/mol. The van der Waals surface area contributed by atoms with Crippen molar-refractivity contribution in [3.63, 3.8) is 0 Å². The Hall–Kier alpha value is -4.86. The average Bonchev–Trinajstić information content (AvgIpc) is 3.80. The van der Waals surface area contributed by atoms with E-state index in [1.165, 1.54) is 11.1 Å². The number of carbonyl (C=O) groups is 6. The molecule has 1 aromatic carbocycles. The lowest BCUT2D eigenvalue weighted by Crippen LogP contribution is -2.60. The van der Waals surface area contributed by atoms with E-state index < -0.39 is 53.8 Å². The minimum absolute atomic E-state index is 0.00466. The van der Waals surface area contributed by atoms with Crippen LogP contribution in [0, 0.1) is 11.8 Å². The normalized spacial score (nSPS) is 23.8. The molecule has 2 aliphatic rings. The molecule has 1 fully saturated rings. The highest BCUT2D eigenvalue weighted by molar-refractivity contribution is 5.96. The molecule has 1 aromatic heterocycles. The summed E-state index contributed by atoms with van der Waals surface area (Å²) >= 11 is 0. The fraction of sp³-hybridized carbons (Fsp3) is 0.622. The summed E-state index contributed by atoms with van der Waals surface area (Å²) in [6.45, 7) is 7.95. The zero-order valence-electron chi connectivity index (χ0n) is 31.2. The van der Waals surface area contributed by atoms with E-state index in [-0.39, 0.29) is 49.7 Å². The third kappa shape index (κ3) is 11.8. The number of hydrogen-bond donors (Lipinski definition) is 5. The summed E-state index contributed by atoms with van der Waals surface area (Å²) in [7, 11) is 0. The summed E-state index contributed by atoms with van der Waals surface area (Å²) in [6, 6.07) is 4.30. The Kier molecular flexibility index (Phi) is 15.3. The van der Waals surface area contributed by atoms with Crippen molar-refractivity contribution < 1.29 is 33.5 Å². The van der Waals surface area contributed by atoms with Crippen molar-refractivity contribution >= 4 is 35.4 Å². The van der Waals surface area contributed by atoms with Gasteiger partial charge in [-0.05, 0) is 49.5 Å². The molecule has 6 N–H and O–H groups in total. The number of ether oxygens (including phenoxy) is 1. The van der Waals surface area contributed by atoms with Gasteiger partial charge in [0.25, 0.3) is 0 Å². The summed E-state index contributed by atoms with van der Waals surface area (Å²) < 4.78 is 7.57. The Labute approximate surface area is 310 Å². The van der Waals surface area contributed by atoms with Crippen LogP contribution in [0.4, 0.5) is 0 Å². The number of aromatic nitrogens is 3. The van der Waals surface area contributed by atoms with Crippen LogP contribution in [0.5, 0.6) is 0 Å². The maximum absolute atomic E-state index is 14.1. The van der Waals surface area contributed by atoms with Crippen LogP contribution in [0.2, 0.25) is 0 Å². The van der Waals surface area contributed by atoms with Gasteiger partial charge in [0.2, 0.25) is 35.4 Å². The molecule has 6 atom stereocenters. The predicted octanol–water partition coefficient (Wildman–Crippen LogP) is 0.729. The predicted molar refractivity (Wildman–Crippen MR) is 194 cm³/mol. The zero-order valence-corrected chi connectivity index (χ0v) is 31.2. The highest BCUT2D eigenvalue weighted by Crippen LogP contribution is 2.21. The van der Waals surface area contributed by atoms with Crippen molar-refractivity contribution in [3.8, 4) is 0 Å². The van der Waals surface area contributed by atoms with Crippen LogP contribution in [0.15, 0.2) is 36.5 Å². The maximum atomic E-state index is 14.1. The molecule has 4 rings (SSSR count). The molecule has 0 spiro atoms. The van der Waals surface area contributed by atoms with Crippen molar-refractivity contribution in [1.82, 2.24) is 41.2 Å². The van der Waals surface area contributed by atoms with Gasteiger partial charge in [0.1, 0.15) is 30.2 Å². The van der Waals surface area contributed by atoms with Crippen LogP contribution in [0.3, 0.4) is 0 Å². The summed E-state index contributed by atoms with van der Waals surface area (Å²) in [5.41, 5.74) is 7.07. The average molecular weight is 738 g/mol. The van der Waals surface area contributed by atoms with E-state index in [9.17, 15) is 28.8 Å². The van der Waals surface area contributed by atoms with Gasteiger partial charge in [-0.3, -0.25) is 28.8 Å². The molecule has 0 saturated carbocycles. The SMILES string of the molecule is CC[C@H](C)[C@@H]1NC(=O)[C@@H]2CCCN2C(=O)[C@H](Cc2ccccc2)NC(=O)CCCCn2nncc2COC[C@@H](C(=O)N[C@@H](CC(C)C)C(N)=O)NC1=O. The molecule has 2 aliphatic heterocycles. The minimum Gasteiger partial charge on any atom is -0.372 e. The van der Waals surface area contributed by atoms with Crippen LogP contribution >= 0.6 is 0 Å². The van der Waals surface area contributed by atoms with Gasteiger partial charge in [-0.1, -0.05) is 69.7 Å². The van der Waals surface area contributed by atoms with Crippen molar-refractivity contribution in [2.45, 2.75) is 122 Å². The molecule has 290 valence electrons. The van der Waals surface area contributed by atoms with Gasteiger partial charge in [-0.15, -0.1) is 5.10 Å². The number of aryl methyl sites for hydroxylation is 1. The van der Waals surface area contributed by atoms with E-state index in [0.29, 0.717) is 57.3 Å². The van der Waals surface area contributed by atoms with Crippen molar-refractivity contribution in [2.24, 2.45) is 17.6 Å². The number of rotatable bonds is 9. The molecule has 53 heavy (non-hydrogen) atoms. The van der Waals surface area contributed by atoms with E-state index in [0.717, 1.165) is 5.56 Å². The molecule has 0 aliphatic carbocycles. The summed E-state index contributed by atoms with van der Waals surface area (Å²) in [4.78, 5) is 82.6. The molecule has 1 saturated heterocycles. The summed E-state index contributed by atoms with van der Waals surface area (Å²) in [5.74, 6) is -3.48. The maximum Gasteiger partial charge on any atom is 0.246 e. The number of benzene rings is 1. The molecule has 2 aromatic rings. The number of nitrogens with one attached hydrogen (secondary N) is 4. The lowest BCUT2D eigenvalue weighted by atomic mass is 9.97. The Bertz CT molecular complexity index is 1570. The highest BCUT2D eigenvalue weighted by Gasteiger charge is 2.40. The van der Waals surface area contributed by atoms with Gasteiger partial charge in [-0.2, -0.15) is 0 Å². The first-order valence-electron chi connectivity index (χ1n) is 18.7. The third-order valence-corrected chi connectivity index (χ3v) is 9.80. The van der Waals surface area contributed by atoms with Crippen molar-refractivity contribution in [3.05, 3.63) is 47.8 Å². The van der Waals surface area contributed by atoms with Gasteiger partial charge in [0.15, 0.2) is 0 Å². The van der Waals surface area contributed by atoms with Crippen LogP contribution < -0.4 is 27.0 Å². The van der Waals surface area contributed by atoms with E-state index in [2.05, 4.69) is 31.6 Å². The van der Waals surface area contributed by atoms with Gasteiger partial charge in [-0.25, -0.2) is 4.68 Å². The quantitative estimate of drug-likeness (QED) is 0.245. The number of nitrogens with zero attached hydrogens (tertiary/aromatic N) is 4. The molecule has 16 nitrogen and oxygen atoms in total. The topological polar surface area (TPSA) is 220 Å². The molecule has 0 radical (unpaired) electrons. The van der Waals surface area contributed by atoms with Gasteiger partial charge in [0.05, 0.1) is 25.1 Å². The lowest BCUT2D eigenvalue weighted by Gasteiger charge is -2.31. The number of hydrogen-bond acceptors (Lipinski definition) is 9. The van der Waals surface area contributed by atoms with E-state index >= 15 is 0 Å². The molecular weight excluding hydrogens is 682 g/mol. The summed E-state index contributed by atoms with van der Waals surface area (Å²) in [6.07, 6.45) is 4.79. The Morgan fingerprint density at radius 3 is 2.45 bits per heavy atom. The van der Waals surface area contributed by atoms with Crippen molar-refractivity contribution in [2.75, 3.05) is 13.2 Å². The van der Waals surface area contributed by atoms with E-state index in [1.807, 2.05) is 51.1 Å². The Morgan fingerprint density at radius 2 is 1.75 bits per heavy atom. The van der Waals surface area contributed by atoms with Crippen LogP contribution in [-0.4, -0.2) is 98.7 Å². The first-order valence-corrected chi connectivity index (χ1v) is 18.7. The van der Waals surface area contributed by atoms with Gasteiger partial charge >= 0.3 is 0 Å². The number of nitrogens with two attached hydrogens (primary N) is 1. The van der Waals surface area contributed by atoms with Crippen molar-refractivity contribution in [1.29, 1.82) is 0 Å². The first kappa shape index (κ1) is 40.9. The number of primary amides is 1. The number of amides is 6. The fourth-order valence-electron chi connectivity index (χ4n) is 6.61. The smallest absolute Gasteiger partial charge is 0.246 e. The molecule has 0 unspecified atom stereocenters. The molecule has 6 amide bonds. The Morgan fingerprint density at radius 1 is 1.00 bits per heavy atom. The van der Waals surface area contributed by atoms with Crippen LogP contribution in [-0.2, 0) is 53.1 Å². The first-order chi connectivity index (χ1) is 25.4. The molecular formula is C37H55N9O7. The standard InChI is InChI=1S/C37H55N9O7/c1-5-24(4)32-36(51)42-29(34(49)41-27(33(38)48)18-23(2)3)22-53-21-26-20-39-44-46(26)17-10-9-15-31(47)40-28(19-25-12-7-6-8-13-25)37(52)45-16-11-14-30(45)35(50)43-32/h6-8,12-13,20,23-24,27-30,32H,5,9-11,14-19,21-22H2,1-4H3,(H2,38,48)(H,40,47)(H,41,49)(H,42,51)(H,43,50)/t24-,27-,28-,29-,30-,32-/m0/s1. The largest absolute Gasteiger partial charge is 0.372 e. The number of carbonyl (C=O) groups excluding carboxylic acids is 6. The molecule has 3 heterocycles. The minimum atomic E-state index is -1.25. The van der Waals surface area contributed by atoms with E-state index in [1.54, 1.807) is 11.6 Å². The second-order valence-corrected chi connectivity index (χ2v) is 14.4. The second kappa shape index (κ2) is 19.8. The number of fused-ring (bicyclic) bond motifs is 2. The van der Waals surface area contributed by atoms with Crippen LogP contribution in [0.1, 0.15) is 83.9 Å². The highest BCUT2D eigenvalue weighted by atomic mass is 16.5. The van der Waals surface area contributed by atoms with E-state index in [4.69, 9.17) is 10.5 Å². The zero-order chi connectivity index (χ0) is 38.5. The van der Waals surface area contributed by atoms with Crippen LogP contribution in [0.25, 0.3) is 0 Å². The third-order valence-electron chi connectivity index (χ3n) is 9.80.